The van der Waals surface area contributed by atoms with Gasteiger partial charge in [0.15, 0.2) is 0 Å². The summed E-state index contributed by atoms with van der Waals surface area (Å²) < 4.78 is 27.1. The number of hydrogen-bond donors (Lipinski definition) is 1. The molecule has 1 fully saturated rings. The van der Waals surface area contributed by atoms with Crippen LogP contribution in [0.3, 0.4) is 0 Å². The molecular formula is C12H15F2N. The van der Waals surface area contributed by atoms with E-state index in [0.717, 1.165) is 0 Å². The smallest absolute Gasteiger partial charge is 0.127 e. The highest BCUT2D eigenvalue weighted by atomic mass is 19.1. The van der Waals surface area contributed by atoms with Gasteiger partial charge in [-0.3, -0.25) is 0 Å². The highest BCUT2D eigenvalue weighted by Crippen LogP contribution is 2.52. The summed E-state index contributed by atoms with van der Waals surface area (Å²) in [5.41, 5.74) is 4.53. The summed E-state index contributed by atoms with van der Waals surface area (Å²) in [6.07, 6.45) is 0.634. The molecule has 0 heterocycles. The minimum atomic E-state index is -1.19. The minimum Gasteiger partial charge on any atom is -0.330 e. The highest BCUT2D eigenvalue weighted by molar-refractivity contribution is 5.33. The SMILES string of the molecule is CC1(F)CC(CN)(c2ccccc2F)C1. The molecule has 0 saturated heterocycles. The topological polar surface area (TPSA) is 26.0 Å². The summed E-state index contributed by atoms with van der Waals surface area (Å²) in [7, 11) is 0. The van der Waals surface area contributed by atoms with Gasteiger partial charge in [0.2, 0.25) is 0 Å². The van der Waals surface area contributed by atoms with E-state index in [-0.39, 0.29) is 5.82 Å². The molecule has 82 valence electrons. The van der Waals surface area contributed by atoms with Crippen LogP contribution in [0.25, 0.3) is 0 Å². The molecule has 0 atom stereocenters. The van der Waals surface area contributed by atoms with Gasteiger partial charge in [0.1, 0.15) is 11.5 Å². The molecule has 1 nitrogen and oxygen atoms in total. The quantitative estimate of drug-likeness (QED) is 0.799. The number of nitrogens with two attached hydrogens (primary N) is 1. The predicted molar refractivity (Wildman–Crippen MR) is 55.9 cm³/mol. The molecule has 15 heavy (non-hydrogen) atoms. The lowest BCUT2D eigenvalue weighted by Gasteiger charge is -2.50. The zero-order chi connectivity index (χ0) is 11.1. The van der Waals surface area contributed by atoms with Crippen molar-refractivity contribution in [2.24, 2.45) is 5.73 Å². The fraction of sp³-hybridized carbons (Fsp3) is 0.500. The molecule has 1 aromatic rings. The molecule has 0 aromatic heterocycles. The van der Waals surface area contributed by atoms with Crippen molar-refractivity contribution in [3.8, 4) is 0 Å². The summed E-state index contributed by atoms with van der Waals surface area (Å²) in [5.74, 6) is -0.279. The third-order valence-electron chi connectivity index (χ3n) is 3.25. The van der Waals surface area contributed by atoms with Gasteiger partial charge in [-0.2, -0.15) is 0 Å². The second kappa shape index (κ2) is 3.27. The van der Waals surface area contributed by atoms with Gasteiger partial charge < -0.3 is 5.73 Å². The summed E-state index contributed by atoms with van der Waals surface area (Å²) in [4.78, 5) is 0. The van der Waals surface area contributed by atoms with E-state index in [1.165, 1.54) is 6.07 Å². The van der Waals surface area contributed by atoms with Gasteiger partial charge in [-0.1, -0.05) is 18.2 Å². The van der Waals surface area contributed by atoms with Gasteiger partial charge in [0, 0.05) is 12.0 Å². The third kappa shape index (κ3) is 1.65. The molecule has 1 aliphatic rings. The molecule has 0 aliphatic heterocycles. The Bertz CT molecular complexity index is 366. The average molecular weight is 211 g/mol. The highest BCUT2D eigenvalue weighted by Gasteiger charge is 2.53. The average Bonchev–Trinajstić information content (AvgIpc) is 2.14. The summed E-state index contributed by atoms with van der Waals surface area (Å²) in [6, 6.07) is 6.51. The van der Waals surface area contributed by atoms with Crippen LogP contribution in [-0.2, 0) is 5.41 Å². The molecule has 0 amide bonds. The van der Waals surface area contributed by atoms with Crippen LogP contribution in [0.15, 0.2) is 24.3 Å². The molecule has 0 bridgehead atoms. The third-order valence-corrected chi connectivity index (χ3v) is 3.25. The molecule has 0 unspecified atom stereocenters. The summed E-state index contributed by atoms with van der Waals surface area (Å²) in [6.45, 7) is 1.84. The first-order valence-corrected chi connectivity index (χ1v) is 5.13. The molecule has 2 N–H and O–H groups in total. The van der Waals surface area contributed by atoms with Gasteiger partial charge in [0.25, 0.3) is 0 Å². The Hall–Kier alpha value is -0.960. The van der Waals surface area contributed by atoms with Crippen LogP contribution in [0.5, 0.6) is 0 Å². The number of hydrogen-bond acceptors (Lipinski definition) is 1. The molecule has 1 aliphatic carbocycles. The second-order valence-electron chi connectivity index (χ2n) is 4.73. The van der Waals surface area contributed by atoms with Crippen LogP contribution < -0.4 is 5.73 Å². The Labute approximate surface area is 88.3 Å². The van der Waals surface area contributed by atoms with E-state index in [9.17, 15) is 8.78 Å². The Morgan fingerprint density at radius 3 is 2.40 bits per heavy atom. The van der Waals surface area contributed by atoms with Crippen molar-refractivity contribution >= 4 is 0 Å². The lowest BCUT2D eigenvalue weighted by molar-refractivity contribution is 0.00103. The molecule has 0 radical (unpaired) electrons. The van der Waals surface area contributed by atoms with Gasteiger partial charge in [-0.15, -0.1) is 0 Å². The van der Waals surface area contributed by atoms with Gasteiger partial charge in [0.05, 0.1) is 0 Å². The van der Waals surface area contributed by atoms with Crippen LogP contribution in [-0.4, -0.2) is 12.2 Å². The van der Waals surface area contributed by atoms with E-state index in [1.54, 1.807) is 25.1 Å². The first kappa shape index (κ1) is 10.6. The van der Waals surface area contributed by atoms with Crippen molar-refractivity contribution in [1.29, 1.82) is 0 Å². The minimum absolute atomic E-state index is 0.279. The number of benzene rings is 1. The first-order valence-electron chi connectivity index (χ1n) is 5.13. The van der Waals surface area contributed by atoms with E-state index in [4.69, 9.17) is 5.73 Å². The number of rotatable bonds is 2. The lowest BCUT2D eigenvalue weighted by Crippen LogP contribution is -2.54. The summed E-state index contributed by atoms with van der Waals surface area (Å²) in [5, 5.41) is 0. The standard InChI is InChI=1S/C12H15F2N/c1-11(14)6-12(7-11,8-15)9-4-2-3-5-10(9)13/h2-5H,6-8,15H2,1H3. The summed E-state index contributed by atoms with van der Waals surface area (Å²) >= 11 is 0. The maximum atomic E-state index is 13.6. The van der Waals surface area contributed by atoms with E-state index in [0.29, 0.717) is 24.9 Å². The monoisotopic (exact) mass is 211 g/mol. The van der Waals surface area contributed by atoms with E-state index in [1.807, 2.05) is 0 Å². The normalized spacial score (nSPS) is 34.9. The van der Waals surface area contributed by atoms with Gasteiger partial charge in [-0.05, 0) is 31.4 Å². The van der Waals surface area contributed by atoms with Crippen molar-refractivity contribution in [2.45, 2.75) is 30.8 Å². The Morgan fingerprint density at radius 1 is 1.33 bits per heavy atom. The zero-order valence-electron chi connectivity index (χ0n) is 8.76. The van der Waals surface area contributed by atoms with Crippen LogP contribution in [0.2, 0.25) is 0 Å². The van der Waals surface area contributed by atoms with Crippen molar-refractivity contribution in [2.75, 3.05) is 6.54 Å². The lowest BCUT2D eigenvalue weighted by atomic mass is 9.57. The van der Waals surface area contributed by atoms with Crippen LogP contribution in [0.1, 0.15) is 25.3 Å². The van der Waals surface area contributed by atoms with Crippen LogP contribution in [0, 0.1) is 5.82 Å². The van der Waals surface area contributed by atoms with Crippen molar-refractivity contribution in [3.05, 3.63) is 35.6 Å². The maximum Gasteiger partial charge on any atom is 0.127 e. The fourth-order valence-electron chi connectivity index (χ4n) is 2.70. The van der Waals surface area contributed by atoms with Crippen molar-refractivity contribution in [3.63, 3.8) is 0 Å². The van der Waals surface area contributed by atoms with Gasteiger partial charge in [-0.25, -0.2) is 8.78 Å². The number of halogens is 2. The molecular weight excluding hydrogens is 196 g/mol. The molecule has 0 spiro atoms. The first-order chi connectivity index (χ1) is 6.99. The largest absolute Gasteiger partial charge is 0.330 e. The second-order valence-corrected chi connectivity index (χ2v) is 4.73. The maximum absolute atomic E-state index is 13.6. The molecule has 2 rings (SSSR count). The number of alkyl halides is 1. The van der Waals surface area contributed by atoms with E-state index >= 15 is 0 Å². The van der Waals surface area contributed by atoms with E-state index in [2.05, 4.69) is 0 Å². The van der Waals surface area contributed by atoms with Crippen LogP contribution in [0.4, 0.5) is 8.78 Å². The van der Waals surface area contributed by atoms with Gasteiger partial charge >= 0.3 is 0 Å². The molecule has 1 aromatic carbocycles. The fourth-order valence-corrected chi connectivity index (χ4v) is 2.70. The Kier molecular flexibility index (Phi) is 2.30. The van der Waals surface area contributed by atoms with Crippen molar-refractivity contribution in [1.82, 2.24) is 0 Å². The van der Waals surface area contributed by atoms with E-state index < -0.39 is 11.1 Å². The predicted octanol–water partition coefficient (Wildman–Crippen LogP) is 2.54. The Balaban J connectivity index is 2.34. The zero-order valence-corrected chi connectivity index (χ0v) is 8.76. The Morgan fingerprint density at radius 2 is 1.93 bits per heavy atom. The molecule has 1 saturated carbocycles. The molecule has 3 heteroatoms. The van der Waals surface area contributed by atoms with Crippen molar-refractivity contribution < 1.29 is 8.78 Å². The van der Waals surface area contributed by atoms with Crippen LogP contribution >= 0.6 is 0 Å².